The van der Waals surface area contributed by atoms with Gasteiger partial charge < -0.3 is 4.98 Å². The molecule has 0 radical (unpaired) electrons. The van der Waals surface area contributed by atoms with Crippen molar-refractivity contribution in [1.29, 1.82) is 0 Å². The van der Waals surface area contributed by atoms with E-state index in [2.05, 4.69) is 4.98 Å². The monoisotopic (exact) mass is 233 g/mol. The van der Waals surface area contributed by atoms with Crippen LogP contribution in [0.4, 0.5) is 0 Å². The van der Waals surface area contributed by atoms with Crippen molar-refractivity contribution in [3.63, 3.8) is 0 Å². The van der Waals surface area contributed by atoms with Crippen molar-refractivity contribution in [3.05, 3.63) is 44.4 Å². The van der Waals surface area contributed by atoms with Crippen LogP contribution in [0.3, 0.4) is 0 Å². The molecule has 0 saturated heterocycles. The third-order valence-electron chi connectivity index (χ3n) is 3.14. The van der Waals surface area contributed by atoms with E-state index in [0.717, 1.165) is 28.1 Å². The average Bonchev–Trinajstić information content (AvgIpc) is 2.77. The first-order valence-corrected chi connectivity index (χ1v) is 6.20. The molecule has 0 bridgehead atoms. The minimum Gasteiger partial charge on any atom is -0.356 e. The lowest BCUT2D eigenvalue weighted by Gasteiger charge is -1.99. The molecule has 0 amide bonds. The normalized spacial score (nSPS) is 10.8. The highest BCUT2D eigenvalue weighted by molar-refractivity contribution is 7.08. The van der Waals surface area contributed by atoms with Crippen LogP contribution in [-0.2, 0) is 0 Å². The number of carbonyl (C=O) groups excluding carboxylic acids is 1. The number of aromatic amines is 1. The van der Waals surface area contributed by atoms with E-state index < -0.39 is 0 Å². The number of rotatable bonds is 2. The summed E-state index contributed by atoms with van der Waals surface area (Å²) in [5.74, 6) is 0.104. The minimum absolute atomic E-state index is 0.104. The topological polar surface area (TPSA) is 32.9 Å². The zero-order valence-electron chi connectivity index (χ0n) is 9.97. The van der Waals surface area contributed by atoms with Gasteiger partial charge in [-0.1, -0.05) is 0 Å². The van der Waals surface area contributed by atoms with Crippen molar-refractivity contribution in [1.82, 2.24) is 4.98 Å². The fraction of sp³-hybridized carbons (Fsp3) is 0.308. The van der Waals surface area contributed by atoms with Gasteiger partial charge in [-0.3, -0.25) is 4.79 Å². The Morgan fingerprint density at radius 3 is 2.25 bits per heavy atom. The summed E-state index contributed by atoms with van der Waals surface area (Å²) in [5.41, 5.74) is 5.92. The Balaban J connectivity index is 2.50. The van der Waals surface area contributed by atoms with Gasteiger partial charge in [0.05, 0.1) is 5.69 Å². The Morgan fingerprint density at radius 1 is 1.12 bits per heavy atom. The van der Waals surface area contributed by atoms with E-state index in [4.69, 9.17) is 0 Å². The molecule has 0 aliphatic carbocycles. The van der Waals surface area contributed by atoms with Crippen molar-refractivity contribution < 1.29 is 4.79 Å². The highest BCUT2D eigenvalue weighted by atomic mass is 32.1. The molecule has 2 aromatic rings. The Bertz CT molecular complexity index is 548. The molecule has 2 nitrogen and oxygen atoms in total. The molecule has 0 unspecified atom stereocenters. The molecule has 2 aromatic heterocycles. The Labute approximate surface area is 99.3 Å². The summed E-state index contributed by atoms with van der Waals surface area (Å²) in [4.78, 5) is 15.5. The molecular weight excluding hydrogens is 218 g/mol. The zero-order valence-corrected chi connectivity index (χ0v) is 10.8. The van der Waals surface area contributed by atoms with Crippen LogP contribution in [0.1, 0.15) is 38.4 Å². The van der Waals surface area contributed by atoms with E-state index in [-0.39, 0.29) is 5.78 Å². The second-order valence-electron chi connectivity index (χ2n) is 4.17. The predicted molar refractivity (Wildman–Crippen MR) is 67.5 cm³/mol. The van der Waals surface area contributed by atoms with E-state index in [1.54, 1.807) is 11.3 Å². The molecule has 0 spiro atoms. The number of H-pyrrole nitrogens is 1. The van der Waals surface area contributed by atoms with E-state index in [9.17, 15) is 4.79 Å². The number of hydrogen-bond donors (Lipinski definition) is 1. The summed E-state index contributed by atoms with van der Waals surface area (Å²) >= 11 is 1.57. The molecule has 3 heteroatoms. The zero-order chi connectivity index (χ0) is 11.9. The molecule has 0 atom stereocenters. The van der Waals surface area contributed by atoms with Gasteiger partial charge in [0.25, 0.3) is 0 Å². The Kier molecular flexibility index (Phi) is 2.72. The van der Waals surface area contributed by atoms with Crippen LogP contribution < -0.4 is 0 Å². The molecule has 0 saturated carbocycles. The smallest absolute Gasteiger partial charge is 0.210 e. The van der Waals surface area contributed by atoms with Gasteiger partial charge in [-0.05, 0) is 49.8 Å². The fourth-order valence-corrected chi connectivity index (χ4v) is 2.63. The van der Waals surface area contributed by atoms with Crippen molar-refractivity contribution in [2.24, 2.45) is 0 Å². The van der Waals surface area contributed by atoms with Gasteiger partial charge in [-0.2, -0.15) is 11.3 Å². The standard InChI is InChI=1S/C13H15NOS/c1-7-5-16-6-11(7)13(15)12-9(3)8(2)10(4)14-12/h5-6,14H,1-4H3. The highest BCUT2D eigenvalue weighted by Crippen LogP contribution is 2.22. The molecule has 84 valence electrons. The number of aromatic nitrogens is 1. The van der Waals surface area contributed by atoms with E-state index in [1.807, 2.05) is 38.5 Å². The largest absolute Gasteiger partial charge is 0.356 e. The second kappa shape index (κ2) is 3.91. The minimum atomic E-state index is 0.104. The maximum atomic E-state index is 12.3. The lowest BCUT2D eigenvalue weighted by atomic mass is 10.0. The van der Waals surface area contributed by atoms with E-state index in [1.165, 1.54) is 5.56 Å². The molecule has 16 heavy (non-hydrogen) atoms. The molecular formula is C13H15NOS. The highest BCUT2D eigenvalue weighted by Gasteiger charge is 2.18. The van der Waals surface area contributed by atoms with Gasteiger partial charge in [0.2, 0.25) is 5.78 Å². The van der Waals surface area contributed by atoms with Gasteiger partial charge in [-0.15, -0.1) is 0 Å². The van der Waals surface area contributed by atoms with Gasteiger partial charge in [-0.25, -0.2) is 0 Å². The molecule has 0 aliphatic rings. The van der Waals surface area contributed by atoms with Crippen LogP contribution in [0.15, 0.2) is 10.8 Å². The summed E-state index contributed by atoms with van der Waals surface area (Å²) in [6.07, 6.45) is 0. The van der Waals surface area contributed by atoms with Crippen molar-refractivity contribution in [2.45, 2.75) is 27.7 Å². The molecule has 0 aromatic carbocycles. The molecule has 2 heterocycles. The molecule has 0 fully saturated rings. The van der Waals surface area contributed by atoms with Gasteiger partial charge in [0.1, 0.15) is 0 Å². The maximum absolute atomic E-state index is 12.3. The first kappa shape index (κ1) is 11.1. The number of aryl methyl sites for hydroxylation is 2. The molecule has 2 rings (SSSR count). The summed E-state index contributed by atoms with van der Waals surface area (Å²) in [6, 6.07) is 0. The van der Waals surface area contributed by atoms with Crippen LogP contribution in [0.2, 0.25) is 0 Å². The fourth-order valence-electron chi connectivity index (χ4n) is 1.80. The van der Waals surface area contributed by atoms with Crippen LogP contribution >= 0.6 is 11.3 Å². The van der Waals surface area contributed by atoms with Gasteiger partial charge in [0.15, 0.2) is 0 Å². The SMILES string of the molecule is Cc1cscc1C(=O)c1[nH]c(C)c(C)c1C. The average molecular weight is 233 g/mol. The van der Waals surface area contributed by atoms with E-state index in [0.29, 0.717) is 0 Å². The summed E-state index contributed by atoms with van der Waals surface area (Å²) in [7, 11) is 0. The van der Waals surface area contributed by atoms with Crippen molar-refractivity contribution in [3.8, 4) is 0 Å². The van der Waals surface area contributed by atoms with E-state index >= 15 is 0 Å². The summed E-state index contributed by atoms with van der Waals surface area (Å²) in [6.45, 7) is 8.01. The quantitative estimate of drug-likeness (QED) is 0.791. The van der Waals surface area contributed by atoms with Crippen LogP contribution in [0.25, 0.3) is 0 Å². The predicted octanol–water partition coefficient (Wildman–Crippen LogP) is 3.54. The van der Waals surface area contributed by atoms with Crippen molar-refractivity contribution in [2.75, 3.05) is 0 Å². The summed E-state index contributed by atoms with van der Waals surface area (Å²) < 4.78 is 0. The third kappa shape index (κ3) is 1.61. The molecule has 1 N–H and O–H groups in total. The van der Waals surface area contributed by atoms with Gasteiger partial charge in [0, 0.05) is 16.6 Å². The van der Waals surface area contributed by atoms with Crippen LogP contribution in [0, 0.1) is 27.7 Å². The first-order chi connectivity index (χ1) is 7.52. The maximum Gasteiger partial charge on any atom is 0.210 e. The second-order valence-corrected chi connectivity index (χ2v) is 4.92. The number of nitrogens with one attached hydrogen (secondary N) is 1. The Hall–Kier alpha value is -1.35. The lowest BCUT2D eigenvalue weighted by Crippen LogP contribution is -2.03. The summed E-state index contributed by atoms with van der Waals surface area (Å²) in [5, 5.41) is 3.92. The number of hydrogen-bond acceptors (Lipinski definition) is 2. The third-order valence-corrected chi connectivity index (χ3v) is 4.00. The van der Waals surface area contributed by atoms with Crippen molar-refractivity contribution >= 4 is 17.1 Å². The number of carbonyl (C=O) groups is 1. The lowest BCUT2D eigenvalue weighted by molar-refractivity contribution is 0.103. The van der Waals surface area contributed by atoms with Crippen LogP contribution in [0.5, 0.6) is 0 Å². The number of ketones is 1. The molecule has 0 aliphatic heterocycles. The number of thiophene rings is 1. The van der Waals surface area contributed by atoms with Gasteiger partial charge >= 0.3 is 0 Å². The van der Waals surface area contributed by atoms with Crippen LogP contribution in [-0.4, -0.2) is 10.8 Å². The first-order valence-electron chi connectivity index (χ1n) is 5.25. The Morgan fingerprint density at radius 2 is 1.81 bits per heavy atom.